The van der Waals surface area contributed by atoms with E-state index in [0.29, 0.717) is 48.2 Å². The zero-order valence-corrected chi connectivity index (χ0v) is 21.4. The average molecular weight is 443 g/mol. The summed E-state index contributed by atoms with van der Waals surface area (Å²) in [6, 6.07) is 0. The molecule has 32 heavy (non-hydrogen) atoms. The van der Waals surface area contributed by atoms with Gasteiger partial charge in [-0.25, -0.2) is 0 Å². The van der Waals surface area contributed by atoms with Gasteiger partial charge in [0.2, 0.25) is 0 Å². The van der Waals surface area contributed by atoms with Crippen molar-refractivity contribution in [3.63, 3.8) is 0 Å². The molecule has 3 nitrogen and oxygen atoms in total. The number of rotatable bonds is 5. The summed E-state index contributed by atoms with van der Waals surface area (Å²) < 4.78 is 0. The molecule has 0 radical (unpaired) electrons. The van der Waals surface area contributed by atoms with Crippen molar-refractivity contribution in [1.29, 1.82) is 0 Å². The molecule has 4 rings (SSSR count). The maximum atomic E-state index is 12.8. The molecule has 9 atom stereocenters. The number of Topliss-reactive ketones (excluding diaryl/α,β-unsaturated/α-hetero) is 2. The predicted molar refractivity (Wildman–Crippen MR) is 129 cm³/mol. The van der Waals surface area contributed by atoms with E-state index in [4.69, 9.17) is 0 Å². The lowest BCUT2D eigenvalue weighted by molar-refractivity contribution is -0.226. The van der Waals surface area contributed by atoms with Gasteiger partial charge in [-0.3, -0.25) is 9.59 Å². The third kappa shape index (κ3) is 3.39. The molecule has 3 heteroatoms. The first kappa shape index (κ1) is 24.2. The van der Waals surface area contributed by atoms with E-state index >= 15 is 0 Å². The van der Waals surface area contributed by atoms with E-state index in [2.05, 4.69) is 34.3 Å². The summed E-state index contributed by atoms with van der Waals surface area (Å²) in [7, 11) is 0. The first-order chi connectivity index (χ1) is 14.9. The van der Waals surface area contributed by atoms with Crippen LogP contribution in [0.3, 0.4) is 0 Å². The molecule has 0 aromatic rings. The summed E-state index contributed by atoms with van der Waals surface area (Å²) in [5.74, 6) is 2.86. The molecular weight excluding hydrogens is 396 g/mol. The van der Waals surface area contributed by atoms with Gasteiger partial charge < -0.3 is 5.11 Å². The standard InChI is InChI=1S/C29H46O3/c1-17(2)19(4)24(31)16-18(3)21-8-9-25-27(21,6)14-12-26-28(7)13-11-23(30)20(5)22(28)10-15-29(25,26)32/h17-18,20-22,25-26,32H,4,8-16H2,1-3,5-7H3/t18-,20+,21-,22?,25-,26-,27-,28+,29-/m1/s1. The van der Waals surface area contributed by atoms with E-state index in [-0.39, 0.29) is 28.4 Å². The van der Waals surface area contributed by atoms with Gasteiger partial charge in [0.25, 0.3) is 0 Å². The molecule has 4 fully saturated rings. The van der Waals surface area contributed by atoms with Crippen molar-refractivity contribution in [3.05, 3.63) is 12.2 Å². The molecule has 0 aromatic heterocycles. The SMILES string of the molecule is C=C(C(=O)C[C@@H](C)[C@H]1CC[C@@H]2[C@]1(C)CC[C@H]1[C@@]2(O)CCC2[C@H](C)C(=O)CC[C@@]21C)C(C)C. The van der Waals surface area contributed by atoms with Crippen molar-refractivity contribution in [2.45, 2.75) is 105 Å². The number of carbonyl (C=O) groups is 2. The molecule has 0 spiro atoms. The molecule has 4 saturated carbocycles. The van der Waals surface area contributed by atoms with Gasteiger partial charge in [-0.1, -0.05) is 48.1 Å². The van der Waals surface area contributed by atoms with Gasteiger partial charge in [0.1, 0.15) is 5.78 Å². The fraction of sp³-hybridized carbons (Fsp3) is 0.862. The summed E-state index contributed by atoms with van der Waals surface area (Å²) in [5, 5.41) is 12.4. The van der Waals surface area contributed by atoms with E-state index in [9.17, 15) is 14.7 Å². The minimum absolute atomic E-state index is 0.0797. The van der Waals surface area contributed by atoms with E-state index in [1.54, 1.807) is 0 Å². The zero-order chi connectivity index (χ0) is 23.6. The number of aliphatic hydroxyl groups is 1. The van der Waals surface area contributed by atoms with Crippen molar-refractivity contribution in [3.8, 4) is 0 Å². The third-order valence-electron chi connectivity index (χ3n) is 11.4. The van der Waals surface area contributed by atoms with E-state index in [1.165, 1.54) is 0 Å². The molecule has 4 aliphatic carbocycles. The summed E-state index contributed by atoms with van der Waals surface area (Å²) in [4.78, 5) is 25.3. The Hall–Kier alpha value is -0.960. The number of allylic oxidation sites excluding steroid dienone is 1. The van der Waals surface area contributed by atoms with Crippen LogP contribution < -0.4 is 0 Å². The van der Waals surface area contributed by atoms with Gasteiger partial charge >= 0.3 is 0 Å². The molecule has 1 N–H and O–H groups in total. The fourth-order valence-electron chi connectivity index (χ4n) is 9.46. The number of ketones is 2. The van der Waals surface area contributed by atoms with Crippen LogP contribution in [0.15, 0.2) is 12.2 Å². The van der Waals surface area contributed by atoms with Gasteiger partial charge in [0.15, 0.2) is 5.78 Å². The lowest BCUT2D eigenvalue weighted by Crippen LogP contribution is -2.65. The van der Waals surface area contributed by atoms with Crippen LogP contribution >= 0.6 is 0 Å². The Morgan fingerprint density at radius 3 is 2.34 bits per heavy atom. The molecule has 0 aromatic carbocycles. The highest BCUT2D eigenvalue weighted by atomic mass is 16.3. The Morgan fingerprint density at radius 1 is 1.03 bits per heavy atom. The van der Waals surface area contributed by atoms with Crippen molar-refractivity contribution in [2.75, 3.05) is 0 Å². The molecule has 1 unspecified atom stereocenters. The number of hydrogen-bond donors (Lipinski definition) is 1. The second kappa shape index (κ2) is 8.07. The molecule has 0 amide bonds. The number of hydrogen-bond acceptors (Lipinski definition) is 3. The first-order valence-corrected chi connectivity index (χ1v) is 13.3. The van der Waals surface area contributed by atoms with Gasteiger partial charge in [0.05, 0.1) is 5.60 Å². The van der Waals surface area contributed by atoms with Crippen LogP contribution in [0.2, 0.25) is 0 Å². The Bertz CT molecular complexity index is 798. The Balaban J connectivity index is 1.56. The number of fused-ring (bicyclic) bond motifs is 5. The first-order valence-electron chi connectivity index (χ1n) is 13.3. The largest absolute Gasteiger partial charge is 0.389 e. The fourth-order valence-corrected chi connectivity index (χ4v) is 9.46. The lowest BCUT2D eigenvalue weighted by atomic mass is 9.41. The third-order valence-corrected chi connectivity index (χ3v) is 11.4. The molecule has 0 aliphatic heterocycles. The molecule has 180 valence electrons. The van der Waals surface area contributed by atoms with Crippen LogP contribution in [-0.2, 0) is 9.59 Å². The van der Waals surface area contributed by atoms with Crippen LogP contribution in [0, 0.1) is 52.3 Å². The van der Waals surface area contributed by atoms with E-state index in [1.807, 2.05) is 13.8 Å². The minimum atomic E-state index is -0.613. The normalized spacial score (nSPS) is 46.9. The van der Waals surface area contributed by atoms with Crippen LogP contribution in [-0.4, -0.2) is 22.3 Å². The second-order valence-corrected chi connectivity index (χ2v) is 13.0. The maximum absolute atomic E-state index is 12.8. The van der Waals surface area contributed by atoms with E-state index in [0.717, 1.165) is 50.5 Å². The molecule has 0 heterocycles. The summed E-state index contributed by atoms with van der Waals surface area (Å²) >= 11 is 0. The maximum Gasteiger partial charge on any atom is 0.158 e. The highest BCUT2D eigenvalue weighted by Crippen LogP contribution is 2.70. The molecule has 0 saturated heterocycles. The van der Waals surface area contributed by atoms with E-state index < -0.39 is 5.60 Å². The number of carbonyl (C=O) groups excluding carboxylic acids is 2. The summed E-state index contributed by atoms with van der Waals surface area (Å²) in [6.07, 6.45) is 8.45. The second-order valence-electron chi connectivity index (χ2n) is 13.0. The Labute approximate surface area is 195 Å². The van der Waals surface area contributed by atoms with Gasteiger partial charge in [-0.15, -0.1) is 0 Å². The van der Waals surface area contributed by atoms with Crippen LogP contribution in [0.4, 0.5) is 0 Å². The van der Waals surface area contributed by atoms with Crippen molar-refractivity contribution in [1.82, 2.24) is 0 Å². The lowest BCUT2D eigenvalue weighted by Gasteiger charge is -2.65. The van der Waals surface area contributed by atoms with Crippen LogP contribution in [0.5, 0.6) is 0 Å². The topological polar surface area (TPSA) is 54.4 Å². The minimum Gasteiger partial charge on any atom is -0.389 e. The quantitative estimate of drug-likeness (QED) is 0.502. The average Bonchev–Trinajstić information content (AvgIpc) is 3.08. The Kier molecular flexibility index (Phi) is 6.09. The smallest absolute Gasteiger partial charge is 0.158 e. The molecule has 4 aliphatic rings. The highest BCUT2D eigenvalue weighted by Gasteiger charge is 2.67. The molecular formula is C29H46O3. The van der Waals surface area contributed by atoms with Gasteiger partial charge in [-0.2, -0.15) is 0 Å². The zero-order valence-electron chi connectivity index (χ0n) is 21.4. The van der Waals surface area contributed by atoms with Gasteiger partial charge in [-0.05, 0) is 96.9 Å². The van der Waals surface area contributed by atoms with Crippen molar-refractivity contribution < 1.29 is 14.7 Å². The summed E-state index contributed by atoms with van der Waals surface area (Å²) in [6.45, 7) is 17.3. The van der Waals surface area contributed by atoms with Crippen LogP contribution in [0.1, 0.15) is 99.3 Å². The van der Waals surface area contributed by atoms with Crippen LogP contribution in [0.25, 0.3) is 0 Å². The Morgan fingerprint density at radius 2 is 1.69 bits per heavy atom. The molecule has 0 bridgehead atoms. The van der Waals surface area contributed by atoms with Gasteiger partial charge in [0, 0.05) is 18.8 Å². The van der Waals surface area contributed by atoms with Crippen molar-refractivity contribution >= 4 is 11.6 Å². The van der Waals surface area contributed by atoms with Crippen molar-refractivity contribution in [2.24, 2.45) is 52.3 Å². The highest BCUT2D eigenvalue weighted by molar-refractivity contribution is 5.95. The predicted octanol–water partition coefficient (Wildman–Crippen LogP) is 6.38. The summed E-state index contributed by atoms with van der Waals surface area (Å²) in [5.41, 5.74) is 0.323. The monoisotopic (exact) mass is 442 g/mol.